The predicted molar refractivity (Wildman–Crippen MR) is 287 cm³/mol. The number of phenols is 1. The number of hydrazine groups is 1. The quantitative estimate of drug-likeness (QED) is 0.0461. The number of aldehydes is 1. The van der Waals surface area contributed by atoms with Gasteiger partial charge in [-0.15, -0.1) is 0 Å². The third-order valence-electron chi connectivity index (χ3n) is 13.6. The number of hydrogen-bond donors (Lipinski definition) is 3. The van der Waals surface area contributed by atoms with Gasteiger partial charge in [-0.3, -0.25) is 34.1 Å². The number of carbonyl (C=O) groups excluding carboxylic acids is 5. The Morgan fingerprint density at radius 3 is 2.32 bits per heavy atom. The third kappa shape index (κ3) is 15.8. The first-order valence-electron chi connectivity index (χ1n) is 25.8. The van der Waals surface area contributed by atoms with E-state index in [0.717, 1.165) is 88.6 Å². The molecule has 16 nitrogen and oxygen atoms in total. The molecule has 2 aliphatic heterocycles. The maximum absolute atomic E-state index is 14.0. The number of likely N-dealkylation sites (N-methyl/N-ethyl adjacent to an activating group) is 2. The number of piperidine rings is 1. The van der Waals surface area contributed by atoms with E-state index < -0.39 is 17.5 Å². The Kier molecular flexibility index (Phi) is 21.3. The number of fused-ring (bicyclic) bond motifs is 1. The van der Waals surface area contributed by atoms with Crippen LogP contribution in [0.25, 0.3) is 33.3 Å². The van der Waals surface area contributed by atoms with E-state index >= 15 is 0 Å². The number of likely N-dealkylation sites (tertiary alicyclic amines) is 1. The molecule has 6 rings (SSSR count). The lowest BCUT2D eigenvalue weighted by Gasteiger charge is -2.33. The minimum absolute atomic E-state index is 0.0273. The number of benzene rings is 2. The number of pyridine rings is 1. The number of rotatable bonds is 20. The molecule has 4 heterocycles. The number of methoxy groups -OCH3 is 1. The summed E-state index contributed by atoms with van der Waals surface area (Å²) in [6.07, 6.45) is 10.3. The first kappa shape index (κ1) is 58.0. The lowest BCUT2D eigenvalue weighted by Crippen LogP contribution is -2.58. The van der Waals surface area contributed by atoms with Gasteiger partial charge in [0, 0.05) is 99.8 Å². The van der Waals surface area contributed by atoms with Crippen molar-refractivity contribution in [1.82, 2.24) is 40.0 Å². The number of esters is 1. The number of aryl methyl sites for hydroxylation is 1. The summed E-state index contributed by atoms with van der Waals surface area (Å²) < 4.78 is 13.6. The molecule has 0 spiro atoms. The Morgan fingerprint density at radius 1 is 0.986 bits per heavy atom. The van der Waals surface area contributed by atoms with Gasteiger partial charge < -0.3 is 39.1 Å². The smallest absolute Gasteiger partial charge is 0.302 e. The largest absolute Gasteiger partial charge is 0.508 e. The van der Waals surface area contributed by atoms with Gasteiger partial charge in [0.15, 0.2) is 0 Å². The second-order valence-electron chi connectivity index (χ2n) is 21.1. The van der Waals surface area contributed by atoms with Gasteiger partial charge in [-0.05, 0) is 139 Å². The number of phenolic OH excluding ortho intramolecular Hbond substituents is 1. The number of hydrogen-bond acceptors (Lipinski definition) is 12. The van der Waals surface area contributed by atoms with E-state index in [1.165, 1.54) is 6.92 Å². The summed E-state index contributed by atoms with van der Waals surface area (Å²) >= 11 is 0. The summed E-state index contributed by atoms with van der Waals surface area (Å²) in [6.45, 7) is 18.1. The van der Waals surface area contributed by atoms with Gasteiger partial charge in [-0.1, -0.05) is 45.9 Å². The van der Waals surface area contributed by atoms with E-state index in [-0.39, 0.29) is 60.4 Å². The van der Waals surface area contributed by atoms with E-state index in [1.807, 2.05) is 81.9 Å². The summed E-state index contributed by atoms with van der Waals surface area (Å²) in [5.41, 5.74) is 10.1. The molecule has 3 N–H and O–H groups in total. The van der Waals surface area contributed by atoms with Crippen molar-refractivity contribution in [2.45, 2.75) is 112 Å². The first-order valence-corrected chi connectivity index (χ1v) is 25.8. The van der Waals surface area contributed by atoms with Crippen molar-refractivity contribution in [3.05, 3.63) is 83.7 Å². The maximum Gasteiger partial charge on any atom is 0.302 e. The van der Waals surface area contributed by atoms with Gasteiger partial charge in [-0.25, -0.2) is 5.43 Å². The van der Waals surface area contributed by atoms with Crippen LogP contribution in [0.5, 0.6) is 5.75 Å². The molecule has 0 bridgehead atoms. The second kappa shape index (κ2) is 26.8. The fraction of sp³-hybridized carbons (Fsp3) is 0.544. The Morgan fingerprint density at radius 2 is 1.71 bits per heavy atom. The van der Waals surface area contributed by atoms with Crippen LogP contribution in [0.4, 0.5) is 0 Å². The van der Waals surface area contributed by atoms with Crippen molar-refractivity contribution in [3.63, 3.8) is 0 Å². The molecule has 0 radical (unpaired) electrons. The van der Waals surface area contributed by atoms with Crippen LogP contribution < -0.4 is 10.7 Å². The molecule has 2 aliphatic rings. The topological polar surface area (TPSA) is 179 Å². The third-order valence-corrected chi connectivity index (χ3v) is 13.6. The lowest BCUT2D eigenvalue weighted by atomic mass is 9.84. The fourth-order valence-electron chi connectivity index (χ4n) is 9.87. The van der Waals surface area contributed by atoms with Crippen LogP contribution in [0.1, 0.15) is 97.1 Å². The number of aromatic nitrogens is 2. The monoisotopic (exact) mass is 1010 g/mol. The highest BCUT2D eigenvalue weighted by atomic mass is 16.5. The molecule has 2 aromatic heterocycles. The van der Waals surface area contributed by atoms with Gasteiger partial charge in [0.25, 0.3) is 5.91 Å². The molecule has 2 saturated heterocycles. The van der Waals surface area contributed by atoms with Crippen LogP contribution in [-0.4, -0.2) is 151 Å². The van der Waals surface area contributed by atoms with Crippen molar-refractivity contribution >= 4 is 40.9 Å². The van der Waals surface area contributed by atoms with Crippen LogP contribution in [0.15, 0.2) is 66.9 Å². The number of aromatic hydroxyl groups is 1. The Labute approximate surface area is 433 Å². The number of ether oxygens (including phenoxy) is 2. The predicted octanol–water partition coefficient (Wildman–Crippen LogP) is 7.22. The second-order valence-corrected chi connectivity index (χ2v) is 21.1. The van der Waals surface area contributed by atoms with Crippen molar-refractivity contribution in [2.75, 3.05) is 74.6 Å². The molecular formula is C57H82N8O8. The van der Waals surface area contributed by atoms with Crippen molar-refractivity contribution < 1.29 is 38.6 Å². The highest BCUT2D eigenvalue weighted by molar-refractivity contribution is 5.96. The first-order chi connectivity index (χ1) is 34.7. The van der Waals surface area contributed by atoms with Crippen LogP contribution in [0, 0.1) is 17.3 Å². The maximum atomic E-state index is 14.0. The zero-order chi connectivity index (χ0) is 53.6. The van der Waals surface area contributed by atoms with Gasteiger partial charge in [0.2, 0.25) is 11.8 Å². The number of amides is 3. The van der Waals surface area contributed by atoms with Crippen molar-refractivity contribution in [3.8, 4) is 28.1 Å². The Balaban J connectivity index is 0.000000525. The van der Waals surface area contributed by atoms with E-state index in [0.29, 0.717) is 39.1 Å². The minimum atomic E-state index is -0.850. The number of nitrogens with zero attached hydrogens (tertiary/aromatic N) is 6. The highest BCUT2D eigenvalue weighted by Gasteiger charge is 2.33. The molecule has 2 aromatic carbocycles. The van der Waals surface area contributed by atoms with Crippen molar-refractivity contribution in [1.29, 1.82) is 0 Å². The molecule has 3 atom stereocenters. The molecule has 73 heavy (non-hydrogen) atoms. The number of carbonyl (C=O) groups is 5. The van der Waals surface area contributed by atoms with E-state index in [2.05, 4.69) is 60.3 Å². The summed E-state index contributed by atoms with van der Waals surface area (Å²) in [4.78, 5) is 72.4. The molecule has 4 aromatic rings. The van der Waals surface area contributed by atoms with Gasteiger partial charge >= 0.3 is 5.97 Å². The van der Waals surface area contributed by atoms with Crippen molar-refractivity contribution in [2.24, 2.45) is 17.3 Å². The fourth-order valence-corrected chi connectivity index (χ4v) is 9.87. The summed E-state index contributed by atoms with van der Waals surface area (Å²) in [6, 6.07) is 14.5. The molecule has 2 fully saturated rings. The Bertz CT molecular complexity index is 2530. The van der Waals surface area contributed by atoms with E-state index in [1.54, 1.807) is 36.5 Å². The van der Waals surface area contributed by atoms with Gasteiger partial charge in [-0.2, -0.15) is 0 Å². The van der Waals surface area contributed by atoms with Crippen LogP contribution >= 0.6 is 0 Å². The standard InChI is InChI=1S/C45H62N6O6.C12H20N2O2/c1-11-50-39-17-16-32(25-36(39)37(26-45(6,7)27-57-30(5)52)42(50)35-15-14-18-46-40(35)29(4)56-10)33-21-31(22-34(53)24-33)23-38(44(55)51-20-13-12-19-47-51)48-43(54)41(28(2)3)49(8)9;1-13(2)7-3-4-12(16)14-8-5-11(10-15)6-9-14/h14-18,21-22,24-25,28-29,38,41,47,53H,11-13,19-20,23,26-27H2,1-10H3,(H,48,54);3-4,10-11H,5-9H2,1-2H3/b;4-3+. The molecule has 0 saturated carbocycles. The number of nitrogens with one attached hydrogen (secondary N) is 2. The molecular weight excluding hydrogens is 925 g/mol. The summed E-state index contributed by atoms with van der Waals surface area (Å²) in [5, 5.41) is 16.9. The van der Waals surface area contributed by atoms with Crippen LogP contribution in [0.3, 0.4) is 0 Å². The van der Waals surface area contributed by atoms with E-state index in [4.69, 9.17) is 14.5 Å². The zero-order valence-corrected chi connectivity index (χ0v) is 45.5. The van der Waals surface area contributed by atoms with Crippen LogP contribution in [0.2, 0.25) is 0 Å². The molecule has 0 aliphatic carbocycles. The Hall–Kier alpha value is -5.94. The summed E-state index contributed by atoms with van der Waals surface area (Å²) in [7, 11) is 9.34. The highest BCUT2D eigenvalue weighted by Crippen LogP contribution is 2.42. The molecule has 3 unspecified atom stereocenters. The average Bonchev–Trinajstić information content (AvgIpc) is 3.66. The summed E-state index contributed by atoms with van der Waals surface area (Å²) in [5.74, 6) is -0.443. The van der Waals surface area contributed by atoms with Gasteiger partial charge in [0.05, 0.1) is 30.1 Å². The molecule has 3 amide bonds. The minimum Gasteiger partial charge on any atom is -0.508 e. The normalized spacial score (nSPS) is 15.9. The van der Waals surface area contributed by atoms with E-state index in [9.17, 15) is 29.1 Å². The van der Waals surface area contributed by atoms with Crippen LogP contribution in [-0.2, 0) is 52.8 Å². The molecule has 16 heteroatoms. The lowest BCUT2D eigenvalue weighted by molar-refractivity contribution is -0.144. The van der Waals surface area contributed by atoms with Gasteiger partial charge in [0.1, 0.15) is 18.1 Å². The average molecular weight is 1010 g/mol. The zero-order valence-electron chi connectivity index (χ0n) is 45.5. The molecule has 398 valence electrons. The SMILES string of the molecule is CCn1c(-c2cccnc2C(C)OC)c(CC(C)(C)COC(C)=O)c2cc(-c3cc(O)cc(CC(NC(=O)C(C(C)C)N(C)C)C(=O)N4CCCCN4)c3)ccc21.CN(C)C/C=C/C(=O)N1CCC(C=O)CC1.